The number of nitrogens with two attached hydrogens (primary N) is 1. The van der Waals surface area contributed by atoms with Gasteiger partial charge >= 0.3 is 0 Å². The first kappa shape index (κ1) is 12.9. The van der Waals surface area contributed by atoms with Gasteiger partial charge in [-0.25, -0.2) is 0 Å². The smallest absolute Gasteiger partial charge is 0.0583 e. The van der Waals surface area contributed by atoms with Crippen LogP contribution in [0.25, 0.3) is 0 Å². The SMILES string of the molecule is CCCC(CN)C(O)CC(C)CC. The van der Waals surface area contributed by atoms with Gasteiger partial charge in [-0.15, -0.1) is 0 Å². The number of aliphatic hydroxyl groups excluding tert-OH is 1. The van der Waals surface area contributed by atoms with Crippen LogP contribution in [0, 0.1) is 11.8 Å². The molecule has 3 unspecified atom stereocenters. The van der Waals surface area contributed by atoms with Crippen LogP contribution in [0.5, 0.6) is 0 Å². The number of hydrogen-bond acceptors (Lipinski definition) is 2. The molecular formula is C11H25NO. The van der Waals surface area contributed by atoms with Crippen LogP contribution in [0.2, 0.25) is 0 Å². The summed E-state index contributed by atoms with van der Waals surface area (Å²) in [5.74, 6) is 0.917. The van der Waals surface area contributed by atoms with Crippen LogP contribution >= 0.6 is 0 Å². The van der Waals surface area contributed by atoms with E-state index in [-0.39, 0.29) is 6.10 Å². The highest BCUT2D eigenvalue weighted by molar-refractivity contribution is 4.71. The van der Waals surface area contributed by atoms with Crippen LogP contribution < -0.4 is 5.73 Å². The summed E-state index contributed by atoms with van der Waals surface area (Å²) >= 11 is 0. The van der Waals surface area contributed by atoms with Gasteiger partial charge in [-0.05, 0) is 31.2 Å². The molecule has 2 heteroatoms. The number of rotatable bonds is 7. The Balaban J connectivity index is 3.82. The van der Waals surface area contributed by atoms with Crippen molar-refractivity contribution in [2.24, 2.45) is 17.6 Å². The molecule has 13 heavy (non-hydrogen) atoms. The first-order chi connectivity index (χ1) is 6.15. The van der Waals surface area contributed by atoms with Crippen molar-refractivity contribution in [3.05, 3.63) is 0 Å². The second-order valence-electron chi connectivity index (χ2n) is 4.10. The highest BCUT2D eigenvalue weighted by Gasteiger charge is 2.18. The van der Waals surface area contributed by atoms with E-state index in [0.717, 1.165) is 25.7 Å². The van der Waals surface area contributed by atoms with E-state index in [1.807, 2.05) is 0 Å². The summed E-state index contributed by atoms with van der Waals surface area (Å²) < 4.78 is 0. The van der Waals surface area contributed by atoms with Gasteiger partial charge in [-0.3, -0.25) is 0 Å². The molecule has 80 valence electrons. The van der Waals surface area contributed by atoms with Crippen molar-refractivity contribution < 1.29 is 5.11 Å². The van der Waals surface area contributed by atoms with Crippen molar-refractivity contribution in [3.63, 3.8) is 0 Å². The second kappa shape index (κ2) is 7.34. The molecule has 2 nitrogen and oxygen atoms in total. The molecule has 0 aromatic heterocycles. The Morgan fingerprint density at radius 3 is 2.31 bits per heavy atom. The van der Waals surface area contributed by atoms with Crippen LogP contribution in [0.1, 0.15) is 46.5 Å². The molecule has 3 N–H and O–H groups in total. The van der Waals surface area contributed by atoms with E-state index >= 15 is 0 Å². The third kappa shape index (κ3) is 5.27. The quantitative estimate of drug-likeness (QED) is 0.641. The molecule has 3 atom stereocenters. The summed E-state index contributed by atoms with van der Waals surface area (Å²) in [6.45, 7) is 7.10. The molecule has 0 aromatic carbocycles. The van der Waals surface area contributed by atoms with Crippen LogP contribution in [0.15, 0.2) is 0 Å². The standard InChI is InChI=1S/C11H25NO/c1-4-6-10(8-12)11(13)7-9(3)5-2/h9-11,13H,4-8,12H2,1-3H3. The topological polar surface area (TPSA) is 46.2 Å². The second-order valence-corrected chi connectivity index (χ2v) is 4.10. The van der Waals surface area contributed by atoms with E-state index in [1.54, 1.807) is 0 Å². The van der Waals surface area contributed by atoms with Gasteiger partial charge in [0, 0.05) is 0 Å². The van der Waals surface area contributed by atoms with Crippen molar-refractivity contribution in [1.82, 2.24) is 0 Å². The van der Waals surface area contributed by atoms with Gasteiger partial charge in [0.25, 0.3) is 0 Å². The number of aliphatic hydroxyl groups is 1. The molecule has 0 radical (unpaired) electrons. The van der Waals surface area contributed by atoms with E-state index in [2.05, 4.69) is 20.8 Å². The third-order valence-electron chi connectivity index (χ3n) is 2.85. The molecule has 0 saturated carbocycles. The van der Waals surface area contributed by atoms with Gasteiger partial charge < -0.3 is 10.8 Å². The van der Waals surface area contributed by atoms with Crippen molar-refractivity contribution in [2.45, 2.75) is 52.6 Å². The maximum atomic E-state index is 9.86. The predicted octanol–water partition coefficient (Wildman–Crippen LogP) is 2.16. The molecule has 0 rings (SSSR count). The molecule has 0 aliphatic carbocycles. The maximum Gasteiger partial charge on any atom is 0.0583 e. The molecule has 0 aliphatic rings. The fourth-order valence-electron chi connectivity index (χ4n) is 1.61. The summed E-state index contributed by atoms with van der Waals surface area (Å²) in [5.41, 5.74) is 5.62. The van der Waals surface area contributed by atoms with E-state index < -0.39 is 0 Å². The van der Waals surface area contributed by atoms with Gasteiger partial charge in [-0.1, -0.05) is 33.6 Å². The largest absolute Gasteiger partial charge is 0.393 e. The Morgan fingerprint density at radius 1 is 1.31 bits per heavy atom. The van der Waals surface area contributed by atoms with Gasteiger partial charge in [0.15, 0.2) is 0 Å². The monoisotopic (exact) mass is 187 g/mol. The Kier molecular flexibility index (Phi) is 7.29. The molecular weight excluding hydrogens is 162 g/mol. The van der Waals surface area contributed by atoms with Crippen LogP contribution in [-0.2, 0) is 0 Å². The molecule has 0 amide bonds. The van der Waals surface area contributed by atoms with Crippen molar-refractivity contribution in [1.29, 1.82) is 0 Å². The van der Waals surface area contributed by atoms with E-state index in [0.29, 0.717) is 18.4 Å². The summed E-state index contributed by atoms with van der Waals surface area (Å²) in [6.07, 6.45) is 4.01. The summed E-state index contributed by atoms with van der Waals surface area (Å²) in [5, 5.41) is 9.86. The fourth-order valence-corrected chi connectivity index (χ4v) is 1.61. The lowest BCUT2D eigenvalue weighted by atomic mass is 9.89. The third-order valence-corrected chi connectivity index (χ3v) is 2.85. The minimum absolute atomic E-state index is 0.195. The fraction of sp³-hybridized carbons (Fsp3) is 1.00. The number of hydrogen-bond donors (Lipinski definition) is 2. The molecule has 0 saturated heterocycles. The molecule has 0 aromatic rings. The maximum absolute atomic E-state index is 9.86. The molecule has 0 spiro atoms. The average molecular weight is 187 g/mol. The predicted molar refractivity (Wildman–Crippen MR) is 57.5 cm³/mol. The lowest BCUT2D eigenvalue weighted by Gasteiger charge is -2.23. The van der Waals surface area contributed by atoms with Crippen molar-refractivity contribution in [3.8, 4) is 0 Å². The Bertz CT molecular complexity index is 117. The highest BCUT2D eigenvalue weighted by atomic mass is 16.3. The van der Waals surface area contributed by atoms with Crippen molar-refractivity contribution >= 4 is 0 Å². The van der Waals surface area contributed by atoms with E-state index in [9.17, 15) is 5.11 Å². The molecule has 0 bridgehead atoms. The summed E-state index contributed by atoms with van der Waals surface area (Å²) in [7, 11) is 0. The van der Waals surface area contributed by atoms with Crippen LogP contribution in [-0.4, -0.2) is 17.8 Å². The van der Waals surface area contributed by atoms with Crippen molar-refractivity contribution in [2.75, 3.05) is 6.54 Å². The summed E-state index contributed by atoms with van der Waals surface area (Å²) in [4.78, 5) is 0. The van der Waals surface area contributed by atoms with Gasteiger partial charge in [0.1, 0.15) is 0 Å². The lowest BCUT2D eigenvalue weighted by Crippen LogP contribution is -2.29. The minimum atomic E-state index is -0.195. The highest BCUT2D eigenvalue weighted by Crippen LogP contribution is 2.18. The van der Waals surface area contributed by atoms with Gasteiger partial charge in [-0.2, -0.15) is 0 Å². The first-order valence-corrected chi connectivity index (χ1v) is 5.53. The van der Waals surface area contributed by atoms with Crippen LogP contribution in [0.4, 0.5) is 0 Å². The zero-order valence-corrected chi connectivity index (χ0v) is 9.29. The molecule has 0 fully saturated rings. The van der Waals surface area contributed by atoms with E-state index in [4.69, 9.17) is 5.73 Å². The van der Waals surface area contributed by atoms with Crippen LogP contribution in [0.3, 0.4) is 0 Å². The first-order valence-electron chi connectivity index (χ1n) is 5.53. The summed E-state index contributed by atoms with van der Waals surface area (Å²) in [6, 6.07) is 0. The normalized spacial score (nSPS) is 18.2. The zero-order valence-electron chi connectivity index (χ0n) is 9.29. The van der Waals surface area contributed by atoms with E-state index in [1.165, 1.54) is 0 Å². The van der Waals surface area contributed by atoms with Gasteiger partial charge in [0.2, 0.25) is 0 Å². The lowest BCUT2D eigenvalue weighted by molar-refractivity contribution is 0.0822. The Labute approximate surface area is 82.5 Å². The molecule has 0 heterocycles. The Hall–Kier alpha value is -0.0800. The van der Waals surface area contributed by atoms with Gasteiger partial charge in [0.05, 0.1) is 6.10 Å². The molecule has 0 aliphatic heterocycles. The zero-order chi connectivity index (χ0) is 10.3. The minimum Gasteiger partial charge on any atom is -0.393 e. The Morgan fingerprint density at radius 2 is 1.92 bits per heavy atom. The average Bonchev–Trinajstić information content (AvgIpc) is 2.13.